The van der Waals surface area contributed by atoms with Gasteiger partial charge in [0.2, 0.25) is 0 Å². The van der Waals surface area contributed by atoms with E-state index in [1.807, 2.05) is 12.1 Å². The van der Waals surface area contributed by atoms with Crippen LogP contribution in [0, 0.1) is 0 Å². The fraction of sp³-hybridized carbons (Fsp3) is 0.562. The lowest BCUT2D eigenvalue weighted by Gasteiger charge is -2.14. The van der Waals surface area contributed by atoms with Crippen molar-refractivity contribution in [2.75, 3.05) is 6.54 Å². The molecule has 1 atom stereocenters. The summed E-state index contributed by atoms with van der Waals surface area (Å²) in [6.45, 7) is 3.15. The summed E-state index contributed by atoms with van der Waals surface area (Å²) in [6.07, 6.45) is 6.83. The summed E-state index contributed by atoms with van der Waals surface area (Å²) in [5, 5.41) is 3.37. The molecule has 0 spiro atoms. The zero-order valence-electron chi connectivity index (χ0n) is 11.2. The molecular weight excluding hydrogens is 222 g/mol. The maximum atomic E-state index is 12.4. The molecule has 0 amide bonds. The lowest BCUT2D eigenvalue weighted by molar-refractivity contribution is 0.0940. The van der Waals surface area contributed by atoms with Gasteiger partial charge in [-0.1, -0.05) is 50.5 Å². The first-order valence-electron chi connectivity index (χ1n) is 7.18. The molecule has 0 saturated carbocycles. The lowest BCUT2D eigenvalue weighted by atomic mass is 9.98. The van der Waals surface area contributed by atoms with Crippen LogP contribution in [0.3, 0.4) is 0 Å². The van der Waals surface area contributed by atoms with Crippen LogP contribution in [0.2, 0.25) is 0 Å². The van der Waals surface area contributed by atoms with Crippen LogP contribution in [0.15, 0.2) is 24.3 Å². The van der Waals surface area contributed by atoms with Crippen LogP contribution in [0.4, 0.5) is 0 Å². The van der Waals surface area contributed by atoms with E-state index in [4.69, 9.17) is 0 Å². The number of Topliss-reactive ketones (excluding diaryl/α,β-unsaturated/α-hetero) is 1. The highest BCUT2D eigenvalue weighted by Gasteiger charge is 2.20. The molecule has 2 rings (SSSR count). The molecule has 0 bridgehead atoms. The second-order valence-corrected chi connectivity index (χ2v) is 5.17. The van der Waals surface area contributed by atoms with E-state index in [9.17, 15) is 4.79 Å². The molecule has 2 heteroatoms. The van der Waals surface area contributed by atoms with Crippen molar-refractivity contribution in [3.63, 3.8) is 0 Å². The van der Waals surface area contributed by atoms with Gasteiger partial charge in [-0.25, -0.2) is 0 Å². The summed E-state index contributed by atoms with van der Waals surface area (Å²) in [5.41, 5.74) is 2.18. The third-order valence-corrected chi connectivity index (χ3v) is 3.65. The van der Waals surface area contributed by atoms with Crippen molar-refractivity contribution in [1.82, 2.24) is 5.32 Å². The maximum Gasteiger partial charge on any atom is 0.179 e. The Labute approximate surface area is 110 Å². The zero-order valence-corrected chi connectivity index (χ0v) is 11.2. The topological polar surface area (TPSA) is 29.1 Å². The van der Waals surface area contributed by atoms with Gasteiger partial charge in [-0.05, 0) is 31.4 Å². The van der Waals surface area contributed by atoms with E-state index < -0.39 is 0 Å². The Hall–Kier alpha value is -1.15. The fourth-order valence-corrected chi connectivity index (χ4v) is 2.58. The smallest absolute Gasteiger partial charge is 0.179 e. The summed E-state index contributed by atoms with van der Waals surface area (Å²) in [6, 6.07) is 8.19. The maximum absolute atomic E-state index is 12.4. The molecule has 0 radical (unpaired) electrons. The van der Waals surface area contributed by atoms with Crippen LogP contribution >= 0.6 is 0 Å². The normalized spacial score (nSPS) is 20.4. The average Bonchev–Trinajstić information content (AvgIpc) is 2.68. The summed E-state index contributed by atoms with van der Waals surface area (Å²) >= 11 is 0. The predicted molar refractivity (Wildman–Crippen MR) is 75.0 cm³/mol. The number of ketones is 1. The largest absolute Gasteiger partial charge is 0.307 e. The highest BCUT2D eigenvalue weighted by molar-refractivity contribution is 6.00. The highest BCUT2D eigenvalue weighted by atomic mass is 16.1. The van der Waals surface area contributed by atoms with Crippen molar-refractivity contribution in [3.05, 3.63) is 35.4 Å². The SMILES string of the molecule is CCCc1ccc(C(=O)C2CCCCCN2)cc1. The number of nitrogens with one attached hydrogen (secondary N) is 1. The number of aryl methyl sites for hydroxylation is 1. The van der Waals surface area contributed by atoms with Gasteiger partial charge in [-0.2, -0.15) is 0 Å². The number of carbonyl (C=O) groups excluding carboxylic acids is 1. The number of rotatable bonds is 4. The van der Waals surface area contributed by atoms with Gasteiger partial charge in [0, 0.05) is 5.56 Å². The van der Waals surface area contributed by atoms with Crippen LogP contribution in [-0.4, -0.2) is 18.4 Å². The number of hydrogen-bond acceptors (Lipinski definition) is 2. The third-order valence-electron chi connectivity index (χ3n) is 3.65. The van der Waals surface area contributed by atoms with Gasteiger partial charge in [-0.3, -0.25) is 4.79 Å². The molecule has 2 nitrogen and oxygen atoms in total. The second-order valence-electron chi connectivity index (χ2n) is 5.17. The molecule has 1 N–H and O–H groups in total. The molecule has 1 heterocycles. The van der Waals surface area contributed by atoms with Gasteiger partial charge < -0.3 is 5.32 Å². The van der Waals surface area contributed by atoms with Gasteiger partial charge in [0.1, 0.15) is 0 Å². The average molecular weight is 245 g/mol. The molecular formula is C16H23NO. The van der Waals surface area contributed by atoms with E-state index in [0.717, 1.165) is 37.8 Å². The minimum absolute atomic E-state index is 0.0320. The second kappa shape index (κ2) is 6.69. The quantitative estimate of drug-likeness (QED) is 0.824. The molecule has 1 fully saturated rings. The predicted octanol–water partition coefficient (Wildman–Crippen LogP) is 3.35. The van der Waals surface area contributed by atoms with Crippen LogP contribution in [0.25, 0.3) is 0 Å². The lowest BCUT2D eigenvalue weighted by Crippen LogP contribution is -2.36. The standard InChI is InChI=1S/C16H23NO/c1-2-6-13-8-10-14(11-9-13)16(18)15-7-4-3-5-12-17-15/h8-11,15,17H,2-7,12H2,1H3. The summed E-state index contributed by atoms with van der Waals surface area (Å²) in [5.74, 6) is 0.264. The van der Waals surface area contributed by atoms with Gasteiger partial charge in [0.05, 0.1) is 6.04 Å². The minimum atomic E-state index is 0.0320. The van der Waals surface area contributed by atoms with Crippen molar-refractivity contribution < 1.29 is 4.79 Å². The number of hydrogen-bond donors (Lipinski definition) is 1. The van der Waals surface area contributed by atoms with E-state index in [2.05, 4.69) is 24.4 Å². The molecule has 98 valence electrons. The van der Waals surface area contributed by atoms with Crippen LogP contribution in [0.5, 0.6) is 0 Å². The molecule has 0 aliphatic carbocycles. The molecule has 18 heavy (non-hydrogen) atoms. The van der Waals surface area contributed by atoms with Crippen molar-refractivity contribution in [2.24, 2.45) is 0 Å². The molecule has 1 aliphatic heterocycles. The number of carbonyl (C=O) groups is 1. The molecule has 1 unspecified atom stereocenters. The van der Waals surface area contributed by atoms with Crippen LogP contribution in [-0.2, 0) is 6.42 Å². The Morgan fingerprint density at radius 2 is 2.00 bits per heavy atom. The zero-order chi connectivity index (χ0) is 12.8. The van der Waals surface area contributed by atoms with Crippen molar-refractivity contribution in [2.45, 2.75) is 51.5 Å². The minimum Gasteiger partial charge on any atom is -0.307 e. The van der Waals surface area contributed by atoms with Crippen LogP contribution in [0.1, 0.15) is 54.9 Å². The van der Waals surface area contributed by atoms with E-state index in [-0.39, 0.29) is 11.8 Å². The third kappa shape index (κ3) is 3.42. The first-order valence-corrected chi connectivity index (χ1v) is 7.18. The Bertz CT molecular complexity index is 375. The molecule has 1 aliphatic rings. The fourth-order valence-electron chi connectivity index (χ4n) is 2.58. The summed E-state index contributed by atoms with van der Waals surface area (Å²) in [7, 11) is 0. The number of benzene rings is 1. The van der Waals surface area contributed by atoms with E-state index in [0.29, 0.717) is 0 Å². The molecule has 1 aromatic rings. The van der Waals surface area contributed by atoms with Crippen molar-refractivity contribution in [3.8, 4) is 0 Å². The molecule has 0 aromatic heterocycles. The van der Waals surface area contributed by atoms with Crippen molar-refractivity contribution in [1.29, 1.82) is 0 Å². The van der Waals surface area contributed by atoms with Gasteiger partial charge in [0.25, 0.3) is 0 Å². The highest BCUT2D eigenvalue weighted by Crippen LogP contribution is 2.14. The van der Waals surface area contributed by atoms with Crippen molar-refractivity contribution >= 4 is 5.78 Å². The van der Waals surface area contributed by atoms with E-state index >= 15 is 0 Å². The Balaban J connectivity index is 2.02. The Morgan fingerprint density at radius 3 is 2.72 bits per heavy atom. The molecule has 1 aromatic carbocycles. The summed E-state index contributed by atoms with van der Waals surface area (Å²) in [4.78, 5) is 12.4. The first kappa shape index (κ1) is 13.3. The molecule has 1 saturated heterocycles. The van der Waals surface area contributed by atoms with Gasteiger partial charge in [-0.15, -0.1) is 0 Å². The van der Waals surface area contributed by atoms with E-state index in [1.165, 1.54) is 18.4 Å². The Morgan fingerprint density at radius 1 is 1.22 bits per heavy atom. The monoisotopic (exact) mass is 245 g/mol. The van der Waals surface area contributed by atoms with Crippen LogP contribution < -0.4 is 5.32 Å². The summed E-state index contributed by atoms with van der Waals surface area (Å²) < 4.78 is 0. The Kier molecular flexibility index (Phi) is 4.94. The van der Waals surface area contributed by atoms with Gasteiger partial charge >= 0.3 is 0 Å². The first-order chi connectivity index (χ1) is 8.81. The van der Waals surface area contributed by atoms with E-state index in [1.54, 1.807) is 0 Å². The van der Waals surface area contributed by atoms with Gasteiger partial charge in [0.15, 0.2) is 5.78 Å².